The number of halogens is 2. The molecule has 0 radical (unpaired) electrons. The summed E-state index contributed by atoms with van der Waals surface area (Å²) < 4.78 is 27.1. The minimum Gasteiger partial charge on any atom is -0.309 e. The number of nitrogens with one attached hydrogen (secondary N) is 1. The average molecular weight is 273 g/mol. The molecule has 1 aromatic rings. The van der Waals surface area contributed by atoms with Crippen LogP contribution in [0.1, 0.15) is 39.3 Å². The number of hydrogen-bond donors (Lipinski definition) is 1. The second-order valence-electron chi connectivity index (χ2n) is 5.18. The van der Waals surface area contributed by atoms with Crippen molar-refractivity contribution < 1.29 is 8.78 Å². The summed E-state index contributed by atoms with van der Waals surface area (Å²) in [5.74, 6) is -0.799. The molecule has 1 unspecified atom stereocenters. The molecule has 0 aliphatic carbocycles. The summed E-state index contributed by atoms with van der Waals surface area (Å²) >= 11 is 1.74. The first-order chi connectivity index (χ1) is 8.35. The molecule has 18 heavy (non-hydrogen) atoms. The molecule has 0 aliphatic rings. The third kappa shape index (κ3) is 4.58. The van der Waals surface area contributed by atoms with Crippen molar-refractivity contribution in [1.82, 2.24) is 5.32 Å². The predicted molar refractivity (Wildman–Crippen MR) is 75.0 cm³/mol. The minimum atomic E-state index is -0.781. The minimum absolute atomic E-state index is 0.109. The summed E-state index contributed by atoms with van der Waals surface area (Å²) in [6.45, 7) is 9.03. The molecule has 1 aromatic carbocycles. The molecule has 0 saturated carbocycles. The van der Waals surface area contributed by atoms with Crippen molar-refractivity contribution in [3.05, 3.63) is 35.4 Å². The highest BCUT2D eigenvalue weighted by Crippen LogP contribution is 2.29. The van der Waals surface area contributed by atoms with Crippen LogP contribution in [0.3, 0.4) is 0 Å². The monoisotopic (exact) mass is 273 g/mol. The second-order valence-corrected chi connectivity index (χ2v) is 7.02. The molecule has 0 aromatic heterocycles. The van der Waals surface area contributed by atoms with Gasteiger partial charge in [-0.1, -0.05) is 39.8 Å². The Morgan fingerprint density at radius 3 is 2.50 bits per heavy atom. The molecule has 4 heteroatoms. The lowest BCUT2D eigenvalue weighted by atomic mass is 10.1. The summed E-state index contributed by atoms with van der Waals surface area (Å²) in [6.07, 6.45) is 0. The third-order valence-electron chi connectivity index (χ3n) is 2.49. The van der Waals surface area contributed by atoms with Gasteiger partial charge in [-0.05, 0) is 12.6 Å². The fourth-order valence-electron chi connectivity index (χ4n) is 1.63. The molecular weight excluding hydrogens is 252 g/mol. The largest absolute Gasteiger partial charge is 0.309 e. The zero-order valence-corrected chi connectivity index (χ0v) is 12.2. The van der Waals surface area contributed by atoms with Gasteiger partial charge in [0.2, 0.25) is 0 Å². The van der Waals surface area contributed by atoms with E-state index in [1.165, 1.54) is 0 Å². The first kappa shape index (κ1) is 15.4. The van der Waals surface area contributed by atoms with Crippen molar-refractivity contribution in [1.29, 1.82) is 0 Å². The van der Waals surface area contributed by atoms with Crippen molar-refractivity contribution in [3.8, 4) is 0 Å². The summed E-state index contributed by atoms with van der Waals surface area (Å²) in [7, 11) is 0. The fraction of sp³-hybridized carbons (Fsp3) is 0.571. The Morgan fingerprint density at radius 2 is 1.94 bits per heavy atom. The number of benzene rings is 1. The van der Waals surface area contributed by atoms with E-state index in [2.05, 4.69) is 26.1 Å². The molecule has 0 heterocycles. The van der Waals surface area contributed by atoms with Crippen LogP contribution in [0.25, 0.3) is 0 Å². The van der Waals surface area contributed by atoms with E-state index >= 15 is 0 Å². The maximum Gasteiger partial charge on any atom is 0.163 e. The Hall–Kier alpha value is -0.610. The normalized spacial score (nSPS) is 13.7. The van der Waals surface area contributed by atoms with Gasteiger partial charge in [-0.3, -0.25) is 0 Å². The van der Waals surface area contributed by atoms with Gasteiger partial charge >= 0.3 is 0 Å². The standard InChI is InChI=1S/C14H21F2NS/c1-5-17-12(9-18-14(2,3)4)10-7-6-8-11(15)13(10)16/h6-8,12,17H,5,9H2,1-4H3. The maximum absolute atomic E-state index is 13.8. The summed E-state index contributed by atoms with van der Waals surface area (Å²) in [5.41, 5.74) is 0.411. The quantitative estimate of drug-likeness (QED) is 0.865. The van der Waals surface area contributed by atoms with Crippen molar-refractivity contribution in [2.75, 3.05) is 12.3 Å². The molecule has 0 saturated heterocycles. The lowest BCUT2D eigenvalue weighted by Gasteiger charge is -2.24. The Morgan fingerprint density at radius 1 is 1.28 bits per heavy atom. The number of rotatable bonds is 5. The number of thioether (sulfide) groups is 1. The van der Waals surface area contributed by atoms with Gasteiger partial charge in [-0.2, -0.15) is 11.8 Å². The zero-order chi connectivity index (χ0) is 13.8. The zero-order valence-electron chi connectivity index (χ0n) is 11.4. The molecule has 0 amide bonds. The van der Waals surface area contributed by atoms with E-state index in [4.69, 9.17) is 0 Å². The first-order valence-electron chi connectivity index (χ1n) is 6.16. The Bertz CT molecular complexity index is 388. The van der Waals surface area contributed by atoms with E-state index in [-0.39, 0.29) is 10.8 Å². The van der Waals surface area contributed by atoms with Crippen LogP contribution in [0.4, 0.5) is 8.78 Å². The highest BCUT2D eigenvalue weighted by Gasteiger charge is 2.20. The van der Waals surface area contributed by atoms with Crippen LogP contribution < -0.4 is 5.32 Å². The maximum atomic E-state index is 13.8. The van der Waals surface area contributed by atoms with Crippen molar-refractivity contribution >= 4 is 11.8 Å². The van der Waals surface area contributed by atoms with Gasteiger partial charge in [0, 0.05) is 22.1 Å². The van der Waals surface area contributed by atoms with E-state index < -0.39 is 11.6 Å². The highest BCUT2D eigenvalue weighted by atomic mass is 32.2. The van der Waals surface area contributed by atoms with Crippen LogP contribution in [0.2, 0.25) is 0 Å². The van der Waals surface area contributed by atoms with Crippen molar-refractivity contribution in [2.45, 2.75) is 38.5 Å². The van der Waals surface area contributed by atoms with Gasteiger partial charge in [0.15, 0.2) is 11.6 Å². The number of hydrogen-bond acceptors (Lipinski definition) is 2. The highest BCUT2D eigenvalue weighted by molar-refractivity contribution is 8.00. The van der Waals surface area contributed by atoms with Crippen molar-refractivity contribution in [2.24, 2.45) is 0 Å². The molecule has 1 atom stereocenters. The SMILES string of the molecule is CCNC(CSC(C)(C)C)c1cccc(F)c1F. The Kier molecular flexibility index (Phi) is 5.60. The first-order valence-corrected chi connectivity index (χ1v) is 7.15. The van der Waals surface area contributed by atoms with Crippen LogP contribution in [-0.2, 0) is 0 Å². The Labute approximate surface area is 112 Å². The van der Waals surface area contributed by atoms with Crippen LogP contribution >= 0.6 is 11.8 Å². The Balaban J connectivity index is 2.87. The van der Waals surface area contributed by atoms with E-state index in [9.17, 15) is 8.78 Å². The average Bonchev–Trinajstić information content (AvgIpc) is 2.27. The second kappa shape index (κ2) is 6.53. The van der Waals surface area contributed by atoms with Gasteiger partial charge in [-0.15, -0.1) is 0 Å². The van der Waals surface area contributed by atoms with Crippen LogP contribution in [0, 0.1) is 11.6 Å². The lowest BCUT2D eigenvalue weighted by molar-refractivity contribution is 0.478. The summed E-state index contributed by atoms with van der Waals surface area (Å²) in [5, 5.41) is 3.21. The molecule has 0 spiro atoms. The third-order valence-corrected chi connectivity index (χ3v) is 3.86. The lowest BCUT2D eigenvalue weighted by Crippen LogP contribution is -2.26. The van der Waals surface area contributed by atoms with E-state index in [0.29, 0.717) is 5.56 Å². The molecule has 1 nitrogen and oxygen atoms in total. The van der Waals surface area contributed by atoms with E-state index in [1.54, 1.807) is 23.9 Å². The van der Waals surface area contributed by atoms with Crippen LogP contribution in [-0.4, -0.2) is 17.0 Å². The van der Waals surface area contributed by atoms with Crippen LogP contribution in [0.5, 0.6) is 0 Å². The van der Waals surface area contributed by atoms with Crippen LogP contribution in [0.15, 0.2) is 18.2 Å². The summed E-state index contributed by atoms with van der Waals surface area (Å²) in [6, 6.07) is 4.20. The molecule has 1 N–H and O–H groups in total. The van der Waals surface area contributed by atoms with E-state index in [1.807, 2.05) is 6.92 Å². The molecule has 0 fully saturated rings. The van der Waals surface area contributed by atoms with E-state index in [0.717, 1.165) is 18.4 Å². The molecular formula is C14H21F2NS. The summed E-state index contributed by atoms with van der Waals surface area (Å²) in [4.78, 5) is 0. The van der Waals surface area contributed by atoms with Gasteiger partial charge in [-0.25, -0.2) is 8.78 Å². The van der Waals surface area contributed by atoms with Crippen molar-refractivity contribution in [3.63, 3.8) is 0 Å². The van der Waals surface area contributed by atoms with Gasteiger partial charge < -0.3 is 5.32 Å². The molecule has 0 bridgehead atoms. The topological polar surface area (TPSA) is 12.0 Å². The van der Waals surface area contributed by atoms with Gasteiger partial charge in [0.05, 0.1) is 0 Å². The molecule has 1 rings (SSSR count). The fourth-order valence-corrected chi connectivity index (χ4v) is 2.59. The molecule has 0 aliphatic heterocycles. The predicted octanol–water partition coefficient (Wildman–Crippen LogP) is 4.15. The molecule has 102 valence electrons. The smallest absolute Gasteiger partial charge is 0.163 e. The van der Waals surface area contributed by atoms with Gasteiger partial charge in [0.1, 0.15) is 0 Å². The van der Waals surface area contributed by atoms with Gasteiger partial charge in [0.25, 0.3) is 0 Å².